The number of ether oxygens (including phenoxy) is 10. The van der Waals surface area contributed by atoms with E-state index in [0.717, 1.165) is 37.0 Å². The fourth-order valence-electron chi connectivity index (χ4n) is 14.2. The number of hydrogen-bond acceptors (Lipinski definition) is 22. The molecule has 4 aliphatic carbocycles. The number of rotatable bonds is 14. The highest BCUT2D eigenvalue weighted by molar-refractivity contribution is 5.66. The summed E-state index contributed by atoms with van der Waals surface area (Å²) in [4.78, 5) is 12.5. The molecule has 22 nitrogen and oxygen atoms in total. The van der Waals surface area contributed by atoms with Gasteiger partial charge in [-0.1, -0.05) is 37.6 Å². The lowest BCUT2D eigenvalue weighted by Gasteiger charge is -2.60. The average Bonchev–Trinajstić information content (AvgIpc) is 3.84. The van der Waals surface area contributed by atoms with Gasteiger partial charge in [0.25, 0.3) is 0 Å². The molecule has 73 heavy (non-hydrogen) atoms. The van der Waals surface area contributed by atoms with Gasteiger partial charge in [-0.2, -0.15) is 0 Å². The van der Waals surface area contributed by atoms with E-state index in [1.165, 1.54) is 19.4 Å². The van der Waals surface area contributed by atoms with Gasteiger partial charge >= 0.3 is 5.97 Å². The third-order valence-corrected chi connectivity index (χ3v) is 18.2. The molecule has 0 aromatic rings. The van der Waals surface area contributed by atoms with Crippen LogP contribution < -0.4 is 0 Å². The first-order valence-electron chi connectivity index (χ1n) is 26.0. The second-order valence-corrected chi connectivity index (χ2v) is 22.6. The van der Waals surface area contributed by atoms with E-state index in [2.05, 4.69) is 33.4 Å². The molecule has 414 valence electrons. The molecule has 22 heteroatoms. The topological polar surface area (TPSA) is 332 Å². The first-order valence-corrected chi connectivity index (χ1v) is 26.0. The van der Waals surface area contributed by atoms with Crippen LogP contribution >= 0.6 is 0 Å². The maximum atomic E-state index is 12.5. The lowest BCUT2D eigenvalue weighted by atomic mass is 9.46. The fraction of sp³-hybridized carbons (Fsp3) is 0.863. The molecule has 0 radical (unpaired) electrons. The molecule has 4 saturated heterocycles. The molecule has 0 aromatic carbocycles. The van der Waals surface area contributed by atoms with Crippen LogP contribution in [-0.2, 0) is 52.2 Å². The highest BCUT2D eigenvalue weighted by Crippen LogP contribution is 2.69. The molecule has 7 fully saturated rings. The standard InChI is InChI=1S/C51H78O22/c1-20(17-64-46-42(62)40(60)38(58)32(16-52)70-46)7-10-30-21(2)35-31(69-30)15-28-26-9-8-24-13-25(54)14-34(51(24,6)27(26)11-12-50(28,35)5)71-49-45(73-48-43(63)39(59)36(56)22(3)67-48)44(33(19-66-49)68-23(4)53)72-47-41(61)37(57)29(55)18-65-47/h8,22,25-29,31-49,52,54-63H,1,7,9-19H2,2-6H3/t22-,25+,26+,27-,28-,29+,31-,32+,33-,34+,35-,36-,37-,38+,39+,40-,41+,42+,43+,44-,45+,46+,47-,48-,49-,50-,51-/m0/s1. The largest absolute Gasteiger partial charge is 0.494 e. The first-order chi connectivity index (χ1) is 34.6. The molecule has 3 saturated carbocycles. The smallest absolute Gasteiger partial charge is 0.303 e. The van der Waals surface area contributed by atoms with Gasteiger partial charge in [0.1, 0.15) is 79.4 Å². The Morgan fingerprint density at radius 3 is 2.21 bits per heavy atom. The van der Waals surface area contributed by atoms with Gasteiger partial charge in [0.2, 0.25) is 0 Å². The van der Waals surface area contributed by atoms with Gasteiger partial charge < -0.3 is 104 Å². The summed E-state index contributed by atoms with van der Waals surface area (Å²) in [6, 6.07) is 0. The number of carbonyl (C=O) groups is 1. The van der Waals surface area contributed by atoms with Crippen molar-refractivity contribution in [1.29, 1.82) is 0 Å². The Labute approximate surface area is 424 Å². The summed E-state index contributed by atoms with van der Waals surface area (Å²) in [6.07, 6.45) is -20.5. The summed E-state index contributed by atoms with van der Waals surface area (Å²) in [5, 5.41) is 116. The Balaban J connectivity index is 0.929. The van der Waals surface area contributed by atoms with E-state index in [9.17, 15) is 61.0 Å². The number of hydrogen-bond donors (Lipinski definition) is 11. The van der Waals surface area contributed by atoms with Crippen molar-refractivity contribution in [3.8, 4) is 0 Å². The highest BCUT2D eigenvalue weighted by atomic mass is 16.8. The summed E-state index contributed by atoms with van der Waals surface area (Å²) in [5.74, 6) is 0.970. The van der Waals surface area contributed by atoms with Crippen molar-refractivity contribution in [3.63, 3.8) is 0 Å². The third kappa shape index (κ3) is 10.2. The summed E-state index contributed by atoms with van der Waals surface area (Å²) in [7, 11) is 0. The van der Waals surface area contributed by atoms with Crippen LogP contribution in [0.5, 0.6) is 0 Å². The maximum Gasteiger partial charge on any atom is 0.303 e. The van der Waals surface area contributed by atoms with Crippen molar-refractivity contribution in [2.45, 2.75) is 215 Å². The van der Waals surface area contributed by atoms with Gasteiger partial charge in [-0.25, -0.2) is 0 Å². The van der Waals surface area contributed by atoms with Gasteiger partial charge in [-0.15, -0.1) is 0 Å². The number of esters is 1. The van der Waals surface area contributed by atoms with Crippen LogP contribution in [0.1, 0.15) is 86.0 Å². The van der Waals surface area contributed by atoms with Crippen LogP contribution in [0.3, 0.4) is 0 Å². The Bertz CT molecular complexity index is 2040. The number of carbonyl (C=O) groups excluding carboxylic acids is 1. The number of aliphatic hydroxyl groups excluding tert-OH is 11. The van der Waals surface area contributed by atoms with E-state index in [0.29, 0.717) is 24.8 Å². The maximum absolute atomic E-state index is 12.5. The van der Waals surface area contributed by atoms with E-state index < -0.39 is 147 Å². The highest BCUT2D eigenvalue weighted by Gasteiger charge is 2.66. The van der Waals surface area contributed by atoms with Crippen molar-refractivity contribution in [3.05, 3.63) is 35.1 Å². The van der Waals surface area contributed by atoms with Crippen LogP contribution in [0.4, 0.5) is 0 Å². The Kier molecular flexibility index (Phi) is 16.6. The average molecular weight is 1040 g/mol. The minimum atomic E-state index is -1.79. The third-order valence-electron chi connectivity index (χ3n) is 18.2. The van der Waals surface area contributed by atoms with Crippen molar-refractivity contribution in [2.75, 3.05) is 26.4 Å². The Morgan fingerprint density at radius 1 is 0.795 bits per heavy atom. The Morgan fingerprint density at radius 2 is 1.48 bits per heavy atom. The summed E-state index contributed by atoms with van der Waals surface area (Å²) >= 11 is 0. The zero-order chi connectivity index (χ0) is 52.6. The minimum absolute atomic E-state index is 0.0211. The normalized spacial score (nSPS) is 50.7. The SMILES string of the molecule is C=C(CCC1=C(C)[C@H]2[C@H](C[C@H]3[C@@H]4CC=C5C[C@@H](O)C[C@@H](O[C@@H]6OC[C@H](OC(C)=O)[C@H](O[C@@H]7OC[C@@H](O)[C@H](O)[C@H]7O)[C@H]6O[C@@H]6O[C@@H](C)[C@H](O)[C@@H](O)[C@H]6O)[C@]5(C)[C@H]4CC[C@@]32C)O1)CO[C@@H]1O[C@H](CO)[C@@H](O)[C@H](O)[C@H]1O. The fourth-order valence-corrected chi connectivity index (χ4v) is 14.2. The molecular formula is C51H78O22. The molecule has 11 N–H and O–H groups in total. The van der Waals surface area contributed by atoms with Gasteiger partial charge in [-0.05, 0) is 81.1 Å². The van der Waals surface area contributed by atoms with Gasteiger partial charge in [0, 0.05) is 31.1 Å². The predicted molar refractivity (Wildman–Crippen MR) is 248 cm³/mol. The van der Waals surface area contributed by atoms with Crippen LogP contribution in [0.15, 0.2) is 35.1 Å². The van der Waals surface area contributed by atoms with Crippen LogP contribution in [0.25, 0.3) is 0 Å². The molecule has 0 unspecified atom stereocenters. The zero-order valence-electron chi connectivity index (χ0n) is 42.1. The van der Waals surface area contributed by atoms with Gasteiger partial charge in [0.05, 0.1) is 50.5 Å². The summed E-state index contributed by atoms with van der Waals surface area (Å²) in [5.41, 5.74) is 2.25. The molecule has 0 aromatic heterocycles. The zero-order valence-corrected chi connectivity index (χ0v) is 42.1. The second-order valence-electron chi connectivity index (χ2n) is 22.6. The lowest BCUT2D eigenvalue weighted by Crippen LogP contribution is -2.65. The van der Waals surface area contributed by atoms with E-state index in [4.69, 9.17) is 47.4 Å². The summed E-state index contributed by atoms with van der Waals surface area (Å²) < 4.78 is 61.4. The van der Waals surface area contributed by atoms with Crippen molar-refractivity contribution in [1.82, 2.24) is 0 Å². The molecule has 27 atom stereocenters. The van der Waals surface area contributed by atoms with E-state index >= 15 is 0 Å². The van der Waals surface area contributed by atoms with Crippen LogP contribution in [0.2, 0.25) is 0 Å². The van der Waals surface area contributed by atoms with E-state index in [1.54, 1.807) is 0 Å². The molecule has 5 heterocycles. The number of fused-ring (bicyclic) bond motifs is 7. The van der Waals surface area contributed by atoms with Crippen molar-refractivity contribution < 1.29 is 108 Å². The molecule has 9 rings (SSSR count). The Hall–Kier alpha value is -2.27. The molecule has 0 amide bonds. The van der Waals surface area contributed by atoms with Gasteiger partial charge in [0.15, 0.2) is 31.3 Å². The predicted octanol–water partition coefficient (Wildman–Crippen LogP) is -1.32. The molecule has 9 aliphatic rings. The van der Waals surface area contributed by atoms with E-state index in [-0.39, 0.29) is 54.8 Å². The van der Waals surface area contributed by atoms with Gasteiger partial charge in [-0.3, -0.25) is 4.79 Å². The summed E-state index contributed by atoms with van der Waals surface area (Å²) in [6.45, 7) is 12.3. The van der Waals surface area contributed by atoms with Crippen LogP contribution in [0, 0.1) is 34.5 Å². The molecule has 0 bridgehead atoms. The molecule has 5 aliphatic heterocycles. The van der Waals surface area contributed by atoms with Crippen molar-refractivity contribution in [2.24, 2.45) is 34.5 Å². The van der Waals surface area contributed by atoms with E-state index in [1.807, 2.05) is 0 Å². The number of aliphatic hydroxyl groups is 11. The second kappa shape index (κ2) is 21.9. The lowest BCUT2D eigenvalue weighted by molar-refractivity contribution is -0.382. The minimum Gasteiger partial charge on any atom is -0.494 e. The molecule has 0 spiro atoms. The molecular weight excluding hydrogens is 965 g/mol. The number of allylic oxidation sites excluding steroid dienone is 2. The van der Waals surface area contributed by atoms with Crippen LogP contribution in [-0.4, -0.2) is 217 Å². The monoisotopic (exact) mass is 1040 g/mol. The van der Waals surface area contributed by atoms with Crippen molar-refractivity contribution >= 4 is 5.97 Å². The quantitative estimate of drug-likeness (QED) is 0.0710. The first kappa shape index (κ1) is 55.5.